The normalized spacial score (nSPS) is 22.4. The lowest BCUT2D eigenvalue weighted by atomic mass is 9.88. The molecule has 0 bridgehead atoms. The Kier molecular flexibility index (Phi) is 8.12. The fraction of sp³-hybridized carbons (Fsp3) is 0.531. The van der Waals surface area contributed by atoms with Gasteiger partial charge < -0.3 is 29.3 Å². The molecule has 0 saturated carbocycles. The van der Waals surface area contributed by atoms with Crippen LogP contribution >= 0.6 is 0 Å². The lowest BCUT2D eigenvalue weighted by molar-refractivity contribution is -0.153. The lowest BCUT2D eigenvalue weighted by Gasteiger charge is -2.32. The molecule has 5 rings (SSSR count). The number of carbonyl (C=O) groups excluding carboxylic acids is 3. The van der Waals surface area contributed by atoms with E-state index in [2.05, 4.69) is 17.4 Å². The Morgan fingerprint density at radius 2 is 1.49 bits per heavy atom. The third-order valence-electron chi connectivity index (χ3n) is 7.78. The number of ether oxygens (including phenoxy) is 3. The molecule has 1 N–H and O–H groups in total. The van der Waals surface area contributed by atoms with Gasteiger partial charge >= 0.3 is 6.09 Å². The third-order valence-corrected chi connectivity index (χ3v) is 7.78. The van der Waals surface area contributed by atoms with Crippen LogP contribution in [0.3, 0.4) is 0 Å². The number of amides is 3. The highest BCUT2D eigenvalue weighted by Gasteiger charge is 2.48. The van der Waals surface area contributed by atoms with Crippen molar-refractivity contribution in [1.29, 1.82) is 0 Å². The van der Waals surface area contributed by atoms with Gasteiger partial charge in [0.2, 0.25) is 0 Å². The Morgan fingerprint density at radius 3 is 2.10 bits per heavy atom. The summed E-state index contributed by atoms with van der Waals surface area (Å²) in [5.74, 6) is -0.473. The molecule has 41 heavy (non-hydrogen) atoms. The number of nitrogens with one attached hydrogen (secondary N) is 1. The van der Waals surface area contributed by atoms with Crippen LogP contribution in [0.25, 0.3) is 0 Å². The molecule has 3 fully saturated rings. The standard InChI is InChI=1S/C32H41N3O6/c1-31(2,3)33-30(38)39-20-21-8-6-9-23(16-21)22-12-14-34(15-13-22)28(36)24-10-7-11-25(17-24)29(37)35-18-26-27(19-35)41-32(4,5)40-26/h6-11,16-17,22,26-27H,12-15,18-20H2,1-5H3,(H,33,38)/t26-,27+. The summed E-state index contributed by atoms with van der Waals surface area (Å²) in [5, 5.41) is 2.80. The molecule has 2 atom stereocenters. The minimum absolute atomic E-state index is 0.0585. The quantitative estimate of drug-likeness (QED) is 0.566. The zero-order valence-electron chi connectivity index (χ0n) is 24.6. The van der Waals surface area contributed by atoms with Crippen molar-refractivity contribution < 1.29 is 28.6 Å². The van der Waals surface area contributed by atoms with Crippen molar-refractivity contribution >= 4 is 17.9 Å². The summed E-state index contributed by atoms with van der Waals surface area (Å²) in [4.78, 5) is 42.2. The van der Waals surface area contributed by atoms with Gasteiger partial charge in [0, 0.05) is 29.8 Å². The highest BCUT2D eigenvalue weighted by molar-refractivity contribution is 5.99. The van der Waals surface area contributed by atoms with E-state index in [-0.39, 0.29) is 36.2 Å². The maximum Gasteiger partial charge on any atom is 0.407 e. The predicted molar refractivity (Wildman–Crippen MR) is 154 cm³/mol. The summed E-state index contributed by atoms with van der Waals surface area (Å²) in [6, 6.07) is 15.1. The molecule has 9 nitrogen and oxygen atoms in total. The number of benzene rings is 2. The van der Waals surface area contributed by atoms with Crippen molar-refractivity contribution in [2.75, 3.05) is 26.2 Å². The summed E-state index contributed by atoms with van der Waals surface area (Å²) < 4.78 is 17.2. The molecule has 0 aromatic heterocycles. The lowest BCUT2D eigenvalue weighted by Crippen LogP contribution is -2.40. The van der Waals surface area contributed by atoms with Gasteiger partial charge in [0.25, 0.3) is 11.8 Å². The average Bonchev–Trinajstić information content (AvgIpc) is 3.44. The summed E-state index contributed by atoms with van der Waals surface area (Å²) in [6.07, 6.45) is 0.996. The van der Waals surface area contributed by atoms with Crippen molar-refractivity contribution in [3.05, 3.63) is 70.8 Å². The largest absolute Gasteiger partial charge is 0.445 e. The van der Waals surface area contributed by atoms with E-state index < -0.39 is 11.9 Å². The molecule has 0 unspecified atom stereocenters. The van der Waals surface area contributed by atoms with Crippen LogP contribution in [0.15, 0.2) is 48.5 Å². The highest BCUT2D eigenvalue weighted by atomic mass is 16.8. The minimum Gasteiger partial charge on any atom is -0.445 e. The van der Waals surface area contributed by atoms with E-state index in [0.29, 0.717) is 43.2 Å². The molecule has 3 amide bonds. The van der Waals surface area contributed by atoms with Gasteiger partial charge in [-0.25, -0.2) is 4.79 Å². The van der Waals surface area contributed by atoms with Crippen molar-refractivity contribution in [3.8, 4) is 0 Å². The van der Waals surface area contributed by atoms with Crippen molar-refractivity contribution in [1.82, 2.24) is 15.1 Å². The maximum atomic E-state index is 13.4. The van der Waals surface area contributed by atoms with Crippen LogP contribution in [0.1, 0.15) is 85.2 Å². The van der Waals surface area contributed by atoms with E-state index in [4.69, 9.17) is 14.2 Å². The zero-order chi connectivity index (χ0) is 29.4. The van der Waals surface area contributed by atoms with Crippen LogP contribution in [0.4, 0.5) is 4.79 Å². The van der Waals surface area contributed by atoms with E-state index in [1.165, 1.54) is 5.56 Å². The number of fused-ring (bicyclic) bond motifs is 1. The molecular formula is C32H41N3O6. The van der Waals surface area contributed by atoms with E-state index in [9.17, 15) is 14.4 Å². The molecule has 0 spiro atoms. The van der Waals surface area contributed by atoms with Crippen LogP contribution in [0.5, 0.6) is 0 Å². The number of hydrogen-bond donors (Lipinski definition) is 1. The van der Waals surface area contributed by atoms with Crippen molar-refractivity contribution in [2.24, 2.45) is 0 Å². The van der Waals surface area contributed by atoms with Crippen LogP contribution < -0.4 is 5.32 Å². The molecule has 3 heterocycles. The molecule has 220 valence electrons. The molecule has 9 heteroatoms. The molecule has 3 saturated heterocycles. The SMILES string of the molecule is CC(C)(C)NC(=O)OCc1cccc(C2CCN(C(=O)c3cccc(C(=O)N4C[C@@H]5OC(C)(C)O[C@@H]5C4)c3)CC2)c1. The Labute approximate surface area is 242 Å². The van der Waals surface area contributed by atoms with Gasteiger partial charge in [0.05, 0.1) is 13.1 Å². The second-order valence-corrected chi connectivity index (χ2v) is 12.8. The second kappa shape index (κ2) is 11.4. The van der Waals surface area contributed by atoms with Crippen LogP contribution in [0.2, 0.25) is 0 Å². The smallest absolute Gasteiger partial charge is 0.407 e. The first kappa shape index (κ1) is 29.1. The van der Waals surface area contributed by atoms with Crippen molar-refractivity contribution in [2.45, 2.75) is 83.5 Å². The summed E-state index contributed by atoms with van der Waals surface area (Å²) >= 11 is 0. The number of piperidine rings is 1. The van der Waals surface area contributed by atoms with Gasteiger partial charge in [0.1, 0.15) is 18.8 Å². The number of nitrogens with zero attached hydrogens (tertiary/aromatic N) is 2. The topological polar surface area (TPSA) is 97.4 Å². The molecule has 0 radical (unpaired) electrons. The molecule has 0 aliphatic carbocycles. The van der Waals surface area contributed by atoms with E-state index in [1.807, 2.05) is 51.7 Å². The summed E-state index contributed by atoms with van der Waals surface area (Å²) in [6.45, 7) is 11.9. The van der Waals surface area contributed by atoms with Gasteiger partial charge in [-0.3, -0.25) is 9.59 Å². The van der Waals surface area contributed by atoms with E-state index in [0.717, 1.165) is 18.4 Å². The van der Waals surface area contributed by atoms with Crippen LogP contribution in [-0.2, 0) is 20.8 Å². The van der Waals surface area contributed by atoms with Crippen molar-refractivity contribution in [3.63, 3.8) is 0 Å². The monoisotopic (exact) mass is 563 g/mol. The Bertz CT molecular complexity index is 1280. The number of alkyl carbamates (subject to hydrolysis) is 1. The first-order chi connectivity index (χ1) is 19.4. The van der Waals surface area contributed by atoms with Crippen LogP contribution in [0, 0.1) is 0 Å². The number of likely N-dealkylation sites (tertiary alicyclic amines) is 2. The number of hydrogen-bond acceptors (Lipinski definition) is 6. The summed E-state index contributed by atoms with van der Waals surface area (Å²) in [7, 11) is 0. The Morgan fingerprint density at radius 1 is 0.902 bits per heavy atom. The number of carbonyl (C=O) groups is 3. The fourth-order valence-corrected chi connectivity index (χ4v) is 5.89. The number of rotatable bonds is 5. The molecular weight excluding hydrogens is 522 g/mol. The zero-order valence-corrected chi connectivity index (χ0v) is 24.6. The van der Waals surface area contributed by atoms with Gasteiger partial charge in [-0.1, -0.05) is 30.3 Å². The minimum atomic E-state index is -0.620. The van der Waals surface area contributed by atoms with Gasteiger partial charge in [-0.05, 0) is 82.7 Å². The fourth-order valence-electron chi connectivity index (χ4n) is 5.89. The predicted octanol–water partition coefficient (Wildman–Crippen LogP) is 4.71. The third kappa shape index (κ3) is 7.08. The molecule has 2 aromatic rings. The van der Waals surface area contributed by atoms with E-state index in [1.54, 1.807) is 29.2 Å². The molecule has 3 aliphatic heterocycles. The Hall–Kier alpha value is -3.43. The second-order valence-electron chi connectivity index (χ2n) is 12.8. The van der Waals surface area contributed by atoms with Gasteiger partial charge in [0.15, 0.2) is 5.79 Å². The highest BCUT2D eigenvalue weighted by Crippen LogP contribution is 2.34. The Balaban J connectivity index is 1.14. The maximum absolute atomic E-state index is 13.4. The summed E-state index contributed by atoms with van der Waals surface area (Å²) in [5.41, 5.74) is 2.80. The van der Waals surface area contributed by atoms with Crippen LogP contribution in [-0.4, -0.2) is 77.4 Å². The van der Waals surface area contributed by atoms with Gasteiger partial charge in [-0.15, -0.1) is 0 Å². The molecule has 3 aliphatic rings. The van der Waals surface area contributed by atoms with Gasteiger partial charge in [-0.2, -0.15) is 0 Å². The first-order valence-electron chi connectivity index (χ1n) is 14.4. The average molecular weight is 564 g/mol. The first-order valence-corrected chi connectivity index (χ1v) is 14.4. The van der Waals surface area contributed by atoms with E-state index >= 15 is 0 Å². The molecule has 2 aromatic carbocycles.